The van der Waals surface area contributed by atoms with Crippen molar-refractivity contribution in [2.45, 2.75) is 69.1 Å². The number of thioether (sulfide) groups is 1. The summed E-state index contributed by atoms with van der Waals surface area (Å²) >= 11 is 2.08. The lowest BCUT2D eigenvalue weighted by molar-refractivity contribution is 0.251. The van der Waals surface area contributed by atoms with Gasteiger partial charge >= 0.3 is 0 Å². The van der Waals surface area contributed by atoms with Crippen LogP contribution in [0.4, 0.5) is 0 Å². The van der Waals surface area contributed by atoms with Gasteiger partial charge in [-0.15, -0.1) is 11.8 Å². The van der Waals surface area contributed by atoms with Crippen molar-refractivity contribution in [1.29, 1.82) is 0 Å². The molecule has 0 aromatic heterocycles. The summed E-state index contributed by atoms with van der Waals surface area (Å²) in [6.45, 7) is 9.27. The van der Waals surface area contributed by atoms with Crippen molar-refractivity contribution < 1.29 is 0 Å². The number of benzene rings is 1. The second-order valence-corrected chi connectivity index (χ2v) is 8.40. The topological polar surface area (TPSA) is 12.0 Å². The van der Waals surface area contributed by atoms with E-state index in [2.05, 4.69) is 76.1 Å². The van der Waals surface area contributed by atoms with Crippen LogP contribution in [0.25, 0.3) is 0 Å². The molecule has 0 saturated heterocycles. The van der Waals surface area contributed by atoms with Gasteiger partial charge in [0.1, 0.15) is 0 Å². The van der Waals surface area contributed by atoms with Gasteiger partial charge < -0.3 is 5.32 Å². The van der Waals surface area contributed by atoms with E-state index in [1.807, 2.05) is 0 Å². The lowest BCUT2D eigenvalue weighted by Crippen LogP contribution is -2.41. The van der Waals surface area contributed by atoms with Crippen molar-refractivity contribution >= 4 is 11.8 Å². The van der Waals surface area contributed by atoms with Crippen LogP contribution in [-0.2, 0) is 0 Å². The Balaban J connectivity index is 2.03. The molecule has 1 saturated carbocycles. The van der Waals surface area contributed by atoms with Crippen LogP contribution in [0.15, 0.2) is 29.2 Å². The van der Waals surface area contributed by atoms with E-state index in [4.69, 9.17) is 0 Å². The first-order chi connectivity index (χ1) is 10.0. The number of hydrogen-bond acceptors (Lipinski definition) is 2. The highest BCUT2D eigenvalue weighted by Gasteiger charge is 2.31. The summed E-state index contributed by atoms with van der Waals surface area (Å²) in [6, 6.07) is 9.88. The predicted molar refractivity (Wildman–Crippen MR) is 95.2 cm³/mol. The minimum Gasteiger partial charge on any atom is -0.316 e. The van der Waals surface area contributed by atoms with Gasteiger partial charge in [-0.2, -0.15) is 0 Å². The van der Waals surface area contributed by atoms with Crippen molar-refractivity contribution in [3.05, 3.63) is 29.8 Å². The Hall–Kier alpha value is -0.470. The molecule has 1 aliphatic carbocycles. The lowest BCUT2D eigenvalue weighted by Gasteiger charge is -2.37. The summed E-state index contributed by atoms with van der Waals surface area (Å²) in [5, 5.41) is 4.25. The molecule has 3 atom stereocenters. The minimum atomic E-state index is 0.620. The third-order valence-electron chi connectivity index (χ3n) is 4.98. The van der Waals surface area contributed by atoms with E-state index in [-0.39, 0.29) is 0 Å². The van der Waals surface area contributed by atoms with Crippen LogP contribution in [0, 0.1) is 11.8 Å². The van der Waals surface area contributed by atoms with Crippen molar-refractivity contribution in [3.63, 3.8) is 0 Å². The Morgan fingerprint density at radius 1 is 1.05 bits per heavy atom. The fourth-order valence-corrected chi connectivity index (χ4v) is 4.75. The second-order valence-electron chi connectivity index (χ2n) is 7.09. The molecule has 1 N–H and O–H groups in total. The molecule has 1 aromatic carbocycles. The van der Waals surface area contributed by atoms with Crippen LogP contribution in [0.5, 0.6) is 0 Å². The van der Waals surface area contributed by atoms with Gasteiger partial charge in [-0.05, 0) is 61.8 Å². The molecule has 21 heavy (non-hydrogen) atoms. The molecule has 1 aliphatic rings. The molecule has 0 bridgehead atoms. The van der Waals surface area contributed by atoms with Gasteiger partial charge in [0, 0.05) is 16.2 Å². The molecule has 0 radical (unpaired) electrons. The van der Waals surface area contributed by atoms with Gasteiger partial charge in [0.2, 0.25) is 0 Å². The quantitative estimate of drug-likeness (QED) is 0.790. The molecule has 0 heterocycles. The first-order valence-electron chi connectivity index (χ1n) is 8.45. The monoisotopic (exact) mass is 305 g/mol. The standard InChI is InChI=1S/C19H31NS/c1-13(2)15-6-9-17(10-7-15)21-19-12-16(14(3)4)8-11-18(19)20-5/h6-7,9-10,13-14,16,18-20H,8,11-12H2,1-5H3. The van der Waals surface area contributed by atoms with Crippen LogP contribution in [0.3, 0.4) is 0 Å². The summed E-state index contributed by atoms with van der Waals surface area (Å²) < 4.78 is 0. The molecular weight excluding hydrogens is 274 g/mol. The van der Waals surface area contributed by atoms with E-state index in [1.165, 1.54) is 29.7 Å². The molecule has 0 spiro atoms. The summed E-state index contributed by atoms with van der Waals surface area (Å²) in [6.07, 6.45) is 4.05. The maximum Gasteiger partial charge on any atom is 0.0251 e. The van der Waals surface area contributed by atoms with Crippen LogP contribution < -0.4 is 5.32 Å². The maximum atomic E-state index is 3.54. The molecule has 118 valence electrons. The van der Waals surface area contributed by atoms with E-state index in [0.29, 0.717) is 17.2 Å². The van der Waals surface area contributed by atoms with Gasteiger partial charge in [-0.3, -0.25) is 0 Å². The van der Waals surface area contributed by atoms with E-state index < -0.39 is 0 Å². The average Bonchev–Trinajstić information content (AvgIpc) is 2.47. The Morgan fingerprint density at radius 3 is 2.24 bits per heavy atom. The van der Waals surface area contributed by atoms with Crippen molar-refractivity contribution in [1.82, 2.24) is 5.32 Å². The molecule has 0 aliphatic heterocycles. The van der Waals surface area contributed by atoms with Gasteiger partial charge in [0.15, 0.2) is 0 Å². The maximum absolute atomic E-state index is 3.54. The first-order valence-corrected chi connectivity index (χ1v) is 9.33. The van der Waals surface area contributed by atoms with E-state index in [9.17, 15) is 0 Å². The zero-order chi connectivity index (χ0) is 15.4. The van der Waals surface area contributed by atoms with Crippen molar-refractivity contribution in [2.24, 2.45) is 11.8 Å². The van der Waals surface area contributed by atoms with Gasteiger partial charge in [0.05, 0.1) is 0 Å². The largest absolute Gasteiger partial charge is 0.316 e. The second kappa shape index (κ2) is 7.69. The third-order valence-corrected chi connectivity index (χ3v) is 6.35. The average molecular weight is 306 g/mol. The Morgan fingerprint density at radius 2 is 1.71 bits per heavy atom. The molecule has 1 aromatic rings. The normalized spacial score (nSPS) is 26.5. The fraction of sp³-hybridized carbons (Fsp3) is 0.684. The molecule has 2 heteroatoms. The van der Waals surface area contributed by atoms with Crippen LogP contribution >= 0.6 is 11.8 Å². The fourth-order valence-electron chi connectivity index (χ4n) is 3.33. The summed E-state index contributed by atoms with van der Waals surface area (Å²) in [5.74, 6) is 2.32. The van der Waals surface area contributed by atoms with E-state index in [1.54, 1.807) is 0 Å². The number of nitrogens with one attached hydrogen (secondary N) is 1. The number of hydrogen-bond donors (Lipinski definition) is 1. The Kier molecular flexibility index (Phi) is 6.19. The van der Waals surface area contributed by atoms with E-state index >= 15 is 0 Å². The highest BCUT2D eigenvalue weighted by molar-refractivity contribution is 8.00. The van der Waals surface area contributed by atoms with Crippen LogP contribution in [0.1, 0.15) is 58.4 Å². The molecule has 1 nitrogen and oxygen atoms in total. The SMILES string of the molecule is CNC1CCC(C(C)C)CC1Sc1ccc(C(C)C)cc1. The van der Waals surface area contributed by atoms with Gasteiger partial charge in [-0.25, -0.2) is 0 Å². The van der Waals surface area contributed by atoms with Crippen molar-refractivity contribution in [3.8, 4) is 0 Å². The molecule has 2 rings (SSSR count). The molecule has 0 amide bonds. The number of rotatable bonds is 5. The molecule has 1 fully saturated rings. The predicted octanol–water partition coefficient (Wildman–Crippen LogP) is 5.31. The molecule has 3 unspecified atom stereocenters. The third kappa shape index (κ3) is 4.50. The Labute approximate surface area is 135 Å². The van der Waals surface area contributed by atoms with E-state index in [0.717, 1.165) is 11.8 Å². The summed E-state index contributed by atoms with van der Waals surface area (Å²) in [5.41, 5.74) is 1.44. The smallest absolute Gasteiger partial charge is 0.0251 e. The highest BCUT2D eigenvalue weighted by atomic mass is 32.2. The summed E-state index contributed by atoms with van der Waals surface area (Å²) in [4.78, 5) is 1.43. The zero-order valence-electron chi connectivity index (χ0n) is 14.2. The van der Waals surface area contributed by atoms with Crippen LogP contribution in [-0.4, -0.2) is 18.3 Å². The minimum absolute atomic E-state index is 0.620. The lowest BCUT2D eigenvalue weighted by atomic mass is 9.79. The zero-order valence-corrected chi connectivity index (χ0v) is 15.0. The molecular formula is C19H31NS. The summed E-state index contributed by atoms with van der Waals surface area (Å²) in [7, 11) is 2.12. The highest BCUT2D eigenvalue weighted by Crippen LogP contribution is 2.39. The van der Waals surface area contributed by atoms with Crippen molar-refractivity contribution in [2.75, 3.05) is 7.05 Å². The van der Waals surface area contributed by atoms with Gasteiger partial charge in [-0.1, -0.05) is 39.8 Å². The van der Waals surface area contributed by atoms with Gasteiger partial charge in [0.25, 0.3) is 0 Å². The first kappa shape index (κ1) is 16.9. The Bertz CT molecular complexity index is 424. The van der Waals surface area contributed by atoms with Crippen LogP contribution in [0.2, 0.25) is 0 Å².